The molecule has 1 atom stereocenters. The Kier molecular flexibility index (Phi) is 6.41. The predicted octanol–water partition coefficient (Wildman–Crippen LogP) is 2.60. The Hall–Kier alpha value is -1.50. The number of carbonyl (C=O) groups is 1. The number of hydrogen-bond donors (Lipinski definition) is 2. The largest absolute Gasteiger partial charge is 0.384 e. The number of hydrogen-bond acceptors (Lipinski definition) is 2. The minimum absolute atomic E-state index is 0.135. The number of carbonyl (C=O) groups excluding carboxylic acids is 1. The lowest BCUT2D eigenvalue weighted by atomic mass is 10.1. The first-order valence-corrected chi connectivity index (χ1v) is 6.66. The average Bonchev–Trinajstić information content (AvgIpc) is 2.37. The molecule has 0 heterocycles. The number of rotatable bonds is 4. The first-order valence-electron chi connectivity index (χ1n) is 6.28. The fourth-order valence-electron chi connectivity index (χ4n) is 1.70. The molecule has 1 unspecified atom stereocenters. The van der Waals surface area contributed by atoms with Crippen LogP contribution >= 0.6 is 11.6 Å². The number of amides is 1. The molecule has 19 heavy (non-hydrogen) atoms. The fourth-order valence-corrected chi connectivity index (χ4v) is 1.93. The monoisotopic (exact) mass is 279 g/mol. The zero-order chi connectivity index (χ0) is 14.3. The molecule has 0 bridgehead atoms. The van der Waals surface area contributed by atoms with Crippen molar-refractivity contribution >= 4 is 17.5 Å². The molecule has 0 saturated carbocycles. The summed E-state index contributed by atoms with van der Waals surface area (Å²) in [5, 5.41) is 12.0. The van der Waals surface area contributed by atoms with Crippen molar-refractivity contribution in [2.24, 2.45) is 0 Å². The zero-order valence-electron chi connectivity index (χ0n) is 11.2. The van der Waals surface area contributed by atoms with Crippen molar-refractivity contribution < 1.29 is 9.90 Å². The molecule has 0 fully saturated rings. The molecule has 0 aliphatic heterocycles. The smallest absolute Gasteiger partial charge is 0.251 e. The lowest BCUT2D eigenvalue weighted by Gasteiger charge is -2.13. The third-order valence-electron chi connectivity index (χ3n) is 2.63. The topological polar surface area (TPSA) is 49.3 Å². The van der Waals surface area contributed by atoms with Crippen LogP contribution in [0.15, 0.2) is 18.2 Å². The van der Waals surface area contributed by atoms with Crippen molar-refractivity contribution in [1.29, 1.82) is 0 Å². The number of halogens is 1. The lowest BCUT2D eigenvalue weighted by molar-refractivity contribution is 0.0938. The van der Waals surface area contributed by atoms with Gasteiger partial charge < -0.3 is 10.4 Å². The molecule has 1 aromatic carbocycles. The predicted molar refractivity (Wildman–Crippen MR) is 77.3 cm³/mol. The van der Waals surface area contributed by atoms with Gasteiger partial charge in [-0.25, -0.2) is 0 Å². The van der Waals surface area contributed by atoms with Crippen molar-refractivity contribution in [3.63, 3.8) is 0 Å². The highest BCUT2D eigenvalue weighted by Gasteiger charge is 2.10. The Morgan fingerprint density at radius 2 is 2.26 bits per heavy atom. The number of aliphatic hydroxyl groups is 1. The van der Waals surface area contributed by atoms with Gasteiger partial charge in [0.05, 0.1) is 5.02 Å². The normalized spacial score (nSPS) is 11.4. The van der Waals surface area contributed by atoms with E-state index in [-0.39, 0.29) is 18.6 Å². The molecule has 4 heteroatoms. The van der Waals surface area contributed by atoms with Crippen LogP contribution < -0.4 is 5.32 Å². The summed E-state index contributed by atoms with van der Waals surface area (Å²) in [4.78, 5) is 12.0. The maximum Gasteiger partial charge on any atom is 0.251 e. The van der Waals surface area contributed by atoms with Gasteiger partial charge in [-0.1, -0.05) is 36.8 Å². The van der Waals surface area contributed by atoms with E-state index in [4.69, 9.17) is 16.7 Å². The third kappa shape index (κ3) is 4.94. The second kappa shape index (κ2) is 7.83. The van der Waals surface area contributed by atoms with Crippen LogP contribution in [0.25, 0.3) is 0 Å². The highest BCUT2D eigenvalue weighted by molar-refractivity contribution is 6.32. The zero-order valence-corrected chi connectivity index (χ0v) is 11.9. The van der Waals surface area contributed by atoms with Gasteiger partial charge in [-0.15, -0.1) is 0 Å². The van der Waals surface area contributed by atoms with Gasteiger partial charge in [0.1, 0.15) is 6.61 Å². The summed E-state index contributed by atoms with van der Waals surface area (Å²) in [6.45, 7) is 3.84. The van der Waals surface area contributed by atoms with Crippen LogP contribution in [-0.2, 0) is 0 Å². The summed E-state index contributed by atoms with van der Waals surface area (Å²) in [5.41, 5.74) is 1.12. The van der Waals surface area contributed by atoms with Gasteiger partial charge in [-0.3, -0.25) is 4.79 Å². The van der Waals surface area contributed by atoms with Gasteiger partial charge in [0.25, 0.3) is 5.91 Å². The van der Waals surface area contributed by atoms with Crippen LogP contribution in [0.3, 0.4) is 0 Å². The lowest BCUT2D eigenvalue weighted by Crippen LogP contribution is -2.32. The molecule has 0 aliphatic carbocycles. The number of aliphatic hydroxyl groups excluding tert-OH is 1. The SMILES string of the molecule is CCCC(C)NC(=O)c1ccc(C#CCO)c(Cl)c1. The van der Waals surface area contributed by atoms with E-state index in [1.54, 1.807) is 18.2 Å². The quantitative estimate of drug-likeness (QED) is 0.833. The summed E-state index contributed by atoms with van der Waals surface area (Å²) in [5.74, 6) is 5.12. The highest BCUT2D eigenvalue weighted by atomic mass is 35.5. The molecule has 1 rings (SSSR count). The molecule has 0 saturated heterocycles. The second-order valence-corrected chi connectivity index (χ2v) is 4.72. The van der Waals surface area contributed by atoms with E-state index in [1.165, 1.54) is 0 Å². The Balaban J connectivity index is 2.80. The van der Waals surface area contributed by atoms with Gasteiger partial charge in [-0.2, -0.15) is 0 Å². The summed E-state index contributed by atoms with van der Waals surface area (Å²) >= 11 is 6.04. The second-order valence-electron chi connectivity index (χ2n) is 4.32. The van der Waals surface area contributed by atoms with Gasteiger partial charge in [-0.05, 0) is 31.5 Å². The van der Waals surface area contributed by atoms with Crippen molar-refractivity contribution in [3.05, 3.63) is 34.3 Å². The number of benzene rings is 1. The summed E-state index contributed by atoms with van der Waals surface area (Å²) in [6, 6.07) is 5.10. The van der Waals surface area contributed by atoms with E-state index in [1.807, 2.05) is 6.92 Å². The molecular weight excluding hydrogens is 262 g/mol. The average molecular weight is 280 g/mol. The standard InChI is InChI=1S/C15H18ClNO2/c1-3-5-11(2)17-15(19)13-8-7-12(6-4-9-18)14(16)10-13/h7-8,10-11,18H,3,5,9H2,1-2H3,(H,17,19). The van der Waals surface area contributed by atoms with E-state index >= 15 is 0 Å². The Morgan fingerprint density at radius 1 is 1.53 bits per heavy atom. The molecule has 0 aliphatic rings. The van der Waals surface area contributed by atoms with Gasteiger partial charge >= 0.3 is 0 Å². The van der Waals surface area contributed by atoms with Crippen LogP contribution in [0, 0.1) is 11.8 Å². The van der Waals surface area contributed by atoms with Gasteiger partial charge in [0, 0.05) is 17.2 Å². The molecule has 0 radical (unpaired) electrons. The molecule has 3 nitrogen and oxygen atoms in total. The van der Waals surface area contributed by atoms with Crippen molar-refractivity contribution in [1.82, 2.24) is 5.32 Å². The molecule has 1 amide bonds. The van der Waals surface area contributed by atoms with E-state index < -0.39 is 0 Å². The molecule has 1 aromatic rings. The number of nitrogens with one attached hydrogen (secondary N) is 1. The summed E-state index contributed by atoms with van der Waals surface area (Å²) in [7, 11) is 0. The van der Waals surface area contributed by atoms with Crippen LogP contribution in [0.5, 0.6) is 0 Å². The third-order valence-corrected chi connectivity index (χ3v) is 2.95. The molecule has 2 N–H and O–H groups in total. The minimum atomic E-state index is -0.215. The van der Waals surface area contributed by atoms with Crippen molar-refractivity contribution in [2.45, 2.75) is 32.7 Å². The van der Waals surface area contributed by atoms with E-state index in [0.29, 0.717) is 16.1 Å². The van der Waals surface area contributed by atoms with Gasteiger partial charge in [0.15, 0.2) is 0 Å². The fraction of sp³-hybridized carbons (Fsp3) is 0.400. The highest BCUT2D eigenvalue weighted by Crippen LogP contribution is 2.17. The first-order chi connectivity index (χ1) is 9.08. The molecule has 102 valence electrons. The Bertz CT molecular complexity index is 503. The van der Waals surface area contributed by atoms with E-state index in [0.717, 1.165) is 12.8 Å². The molecule has 0 spiro atoms. The maximum atomic E-state index is 12.0. The van der Waals surface area contributed by atoms with Crippen molar-refractivity contribution in [3.8, 4) is 11.8 Å². The molecular formula is C15H18ClNO2. The summed E-state index contributed by atoms with van der Waals surface area (Å²) in [6.07, 6.45) is 1.97. The molecule has 0 aromatic heterocycles. The minimum Gasteiger partial charge on any atom is -0.384 e. The maximum absolute atomic E-state index is 12.0. The van der Waals surface area contributed by atoms with Crippen molar-refractivity contribution in [2.75, 3.05) is 6.61 Å². The Labute approximate surface area is 119 Å². The first kappa shape index (κ1) is 15.6. The van der Waals surface area contributed by atoms with Crippen LogP contribution in [0.1, 0.15) is 42.6 Å². The van der Waals surface area contributed by atoms with Crippen LogP contribution in [0.4, 0.5) is 0 Å². The summed E-state index contributed by atoms with van der Waals surface area (Å²) < 4.78 is 0. The van der Waals surface area contributed by atoms with Crippen LogP contribution in [-0.4, -0.2) is 23.7 Å². The van der Waals surface area contributed by atoms with E-state index in [9.17, 15) is 4.79 Å². The van der Waals surface area contributed by atoms with E-state index in [2.05, 4.69) is 24.1 Å². The van der Waals surface area contributed by atoms with Crippen LogP contribution in [0.2, 0.25) is 5.02 Å². The Morgan fingerprint density at radius 3 is 2.84 bits per heavy atom. The van der Waals surface area contributed by atoms with Gasteiger partial charge in [0.2, 0.25) is 0 Å².